The van der Waals surface area contributed by atoms with Gasteiger partial charge in [-0.1, -0.05) is 11.6 Å². The summed E-state index contributed by atoms with van der Waals surface area (Å²) in [4.78, 5) is 31.0. The van der Waals surface area contributed by atoms with Crippen molar-refractivity contribution in [2.45, 2.75) is 32.0 Å². The van der Waals surface area contributed by atoms with Gasteiger partial charge in [-0.05, 0) is 37.6 Å². The van der Waals surface area contributed by atoms with E-state index in [0.717, 1.165) is 28.0 Å². The molecule has 1 fully saturated rings. The van der Waals surface area contributed by atoms with E-state index in [-0.39, 0.29) is 30.0 Å². The van der Waals surface area contributed by atoms with Crippen LogP contribution < -0.4 is 9.80 Å². The lowest BCUT2D eigenvalue weighted by Gasteiger charge is -2.28. The van der Waals surface area contributed by atoms with Crippen molar-refractivity contribution in [1.29, 1.82) is 0 Å². The van der Waals surface area contributed by atoms with Crippen LogP contribution in [0.2, 0.25) is 5.02 Å². The number of carbonyl (C=O) groups is 2. The SMILES string of the molecule is Cc1cc(C(F)(F)F)cc(N2C(=O)CC[C@H]2C(=O)N(C)c2ccc(F)c(Cl)c2F)n1. The maximum Gasteiger partial charge on any atom is 0.416 e. The fourth-order valence-corrected chi connectivity index (χ4v) is 3.42. The molecule has 160 valence electrons. The summed E-state index contributed by atoms with van der Waals surface area (Å²) in [5.41, 5.74) is -1.34. The van der Waals surface area contributed by atoms with Gasteiger partial charge in [-0.15, -0.1) is 0 Å². The number of benzene rings is 1. The molecule has 3 rings (SSSR count). The van der Waals surface area contributed by atoms with Gasteiger partial charge >= 0.3 is 6.18 Å². The molecule has 1 aliphatic heterocycles. The van der Waals surface area contributed by atoms with Crippen molar-refractivity contribution in [1.82, 2.24) is 4.98 Å². The second kappa shape index (κ2) is 7.82. The monoisotopic (exact) mass is 447 g/mol. The van der Waals surface area contributed by atoms with Crippen LogP contribution in [0.15, 0.2) is 24.3 Å². The number of pyridine rings is 1. The Morgan fingerprint density at radius 2 is 1.93 bits per heavy atom. The van der Waals surface area contributed by atoms with Crippen molar-refractivity contribution in [2.24, 2.45) is 0 Å². The van der Waals surface area contributed by atoms with Crippen LogP contribution in [-0.2, 0) is 15.8 Å². The lowest BCUT2D eigenvalue weighted by Crippen LogP contribution is -2.46. The summed E-state index contributed by atoms with van der Waals surface area (Å²) >= 11 is 5.55. The molecule has 0 unspecified atom stereocenters. The Labute approximate surface area is 173 Å². The molecule has 2 heterocycles. The first-order valence-corrected chi connectivity index (χ1v) is 9.08. The summed E-state index contributed by atoms with van der Waals surface area (Å²) in [7, 11) is 1.20. The fourth-order valence-electron chi connectivity index (χ4n) is 3.26. The second-order valence-electron chi connectivity index (χ2n) is 6.76. The number of hydrogen-bond acceptors (Lipinski definition) is 3. The van der Waals surface area contributed by atoms with Gasteiger partial charge in [0.05, 0.1) is 11.3 Å². The first-order chi connectivity index (χ1) is 13.9. The van der Waals surface area contributed by atoms with Crippen LogP contribution in [-0.4, -0.2) is 29.9 Å². The Bertz CT molecular complexity index is 1030. The lowest BCUT2D eigenvalue weighted by molar-refractivity contribution is -0.137. The Balaban J connectivity index is 1.98. The average molecular weight is 448 g/mol. The number of likely N-dealkylation sites (N-methyl/N-ethyl adjacent to an activating group) is 1. The van der Waals surface area contributed by atoms with Gasteiger partial charge in [-0.3, -0.25) is 14.5 Å². The number of aromatic nitrogens is 1. The molecule has 30 heavy (non-hydrogen) atoms. The molecule has 0 spiro atoms. The molecule has 1 atom stereocenters. The van der Waals surface area contributed by atoms with Gasteiger partial charge in [0.2, 0.25) is 11.8 Å². The number of hydrogen-bond donors (Lipinski definition) is 0. The van der Waals surface area contributed by atoms with E-state index < -0.39 is 46.3 Å². The van der Waals surface area contributed by atoms with E-state index in [1.54, 1.807) is 0 Å². The molecule has 0 bridgehead atoms. The molecule has 0 radical (unpaired) electrons. The Hall–Kier alpha value is -2.75. The Morgan fingerprint density at radius 1 is 1.27 bits per heavy atom. The average Bonchev–Trinajstić information content (AvgIpc) is 3.05. The van der Waals surface area contributed by atoms with E-state index in [1.807, 2.05) is 0 Å². The summed E-state index contributed by atoms with van der Waals surface area (Å²) in [5.74, 6) is -3.88. The van der Waals surface area contributed by atoms with Crippen molar-refractivity contribution in [3.8, 4) is 0 Å². The highest BCUT2D eigenvalue weighted by atomic mass is 35.5. The number of aryl methyl sites for hydroxylation is 1. The van der Waals surface area contributed by atoms with Gasteiger partial charge in [0, 0.05) is 19.2 Å². The molecular weight excluding hydrogens is 433 g/mol. The van der Waals surface area contributed by atoms with Crippen LogP contribution in [0.5, 0.6) is 0 Å². The zero-order valence-corrected chi connectivity index (χ0v) is 16.5. The zero-order chi connectivity index (χ0) is 22.4. The number of carbonyl (C=O) groups excluding carboxylic acids is 2. The topological polar surface area (TPSA) is 53.5 Å². The Kier molecular flexibility index (Phi) is 5.72. The standard InChI is InChI=1S/C19H15ClF5N3O2/c1-9-7-10(19(23,24)25)8-14(26-9)28-13(5-6-15(28)29)18(30)27(2)12-4-3-11(21)16(20)17(12)22/h3-4,7-8,13H,5-6H2,1-2H3/t13-/m0/s1. The third-order valence-corrected chi connectivity index (χ3v) is 5.06. The molecule has 0 N–H and O–H groups in total. The Morgan fingerprint density at radius 3 is 2.57 bits per heavy atom. The summed E-state index contributed by atoms with van der Waals surface area (Å²) in [6, 6.07) is 2.18. The molecule has 5 nitrogen and oxygen atoms in total. The molecule has 0 aliphatic carbocycles. The van der Waals surface area contributed by atoms with Gasteiger partial charge in [-0.25, -0.2) is 13.8 Å². The van der Waals surface area contributed by atoms with Crippen molar-refractivity contribution in [2.75, 3.05) is 16.8 Å². The second-order valence-corrected chi connectivity index (χ2v) is 7.14. The van der Waals surface area contributed by atoms with E-state index in [0.29, 0.717) is 6.07 Å². The van der Waals surface area contributed by atoms with E-state index in [2.05, 4.69) is 4.98 Å². The first-order valence-electron chi connectivity index (χ1n) is 8.71. The third-order valence-electron chi connectivity index (χ3n) is 4.72. The number of halogens is 6. The normalized spacial score (nSPS) is 16.9. The quantitative estimate of drug-likeness (QED) is 0.514. The minimum absolute atomic E-state index is 0.00444. The maximum atomic E-state index is 14.3. The van der Waals surface area contributed by atoms with Crippen LogP contribution >= 0.6 is 11.6 Å². The van der Waals surface area contributed by atoms with Crippen molar-refractivity contribution in [3.63, 3.8) is 0 Å². The van der Waals surface area contributed by atoms with E-state index in [1.165, 1.54) is 14.0 Å². The minimum atomic E-state index is -4.67. The van der Waals surface area contributed by atoms with Crippen LogP contribution in [0.1, 0.15) is 24.1 Å². The summed E-state index contributed by atoms with van der Waals surface area (Å²) in [5, 5.41) is -0.804. The molecule has 1 aliphatic rings. The third kappa shape index (κ3) is 3.96. The smallest absolute Gasteiger partial charge is 0.311 e. The van der Waals surface area contributed by atoms with Gasteiger partial charge in [0.1, 0.15) is 22.7 Å². The molecule has 2 aromatic rings. The number of alkyl halides is 3. The lowest BCUT2D eigenvalue weighted by atomic mass is 10.1. The largest absolute Gasteiger partial charge is 0.416 e. The first kappa shape index (κ1) is 21.9. The molecule has 1 aromatic heterocycles. The zero-order valence-electron chi connectivity index (χ0n) is 15.7. The molecule has 2 amide bonds. The molecular formula is C19H15ClF5N3O2. The van der Waals surface area contributed by atoms with Gasteiger partial charge in [0.15, 0.2) is 5.82 Å². The number of anilines is 2. The molecule has 1 aromatic carbocycles. The van der Waals surface area contributed by atoms with Crippen LogP contribution in [0, 0.1) is 18.6 Å². The predicted octanol–water partition coefficient (Wildman–Crippen LogP) is 4.50. The van der Waals surface area contributed by atoms with Crippen LogP contribution in [0.3, 0.4) is 0 Å². The highest BCUT2D eigenvalue weighted by Crippen LogP contribution is 2.35. The maximum absolute atomic E-state index is 14.3. The van der Waals surface area contributed by atoms with Crippen molar-refractivity contribution in [3.05, 3.63) is 52.2 Å². The fraction of sp³-hybridized carbons (Fsp3) is 0.316. The molecule has 0 saturated carbocycles. The van der Waals surface area contributed by atoms with Gasteiger partial charge in [0.25, 0.3) is 0 Å². The van der Waals surface area contributed by atoms with Crippen molar-refractivity contribution >= 4 is 34.9 Å². The molecule has 11 heteroatoms. The van der Waals surface area contributed by atoms with Gasteiger partial charge in [-0.2, -0.15) is 13.2 Å². The van der Waals surface area contributed by atoms with E-state index >= 15 is 0 Å². The van der Waals surface area contributed by atoms with E-state index in [4.69, 9.17) is 11.6 Å². The highest BCUT2D eigenvalue weighted by Gasteiger charge is 2.41. The number of nitrogens with zero attached hydrogens (tertiary/aromatic N) is 3. The summed E-state index contributed by atoms with van der Waals surface area (Å²) < 4.78 is 67.2. The predicted molar refractivity (Wildman–Crippen MR) is 99.3 cm³/mol. The summed E-state index contributed by atoms with van der Waals surface area (Å²) in [6.45, 7) is 1.33. The summed E-state index contributed by atoms with van der Waals surface area (Å²) in [6.07, 6.45) is -4.78. The van der Waals surface area contributed by atoms with Crippen LogP contribution in [0.25, 0.3) is 0 Å². The van der Waals surface area contributed by atoms with E-state index in [9.17, 15) is 31.5 Å². The van der Waals surface area contributed by atoms with Crippen molar-refractivity contribution < 1.29 is 31.5 Å². The highest BCUT2D eigenvalue weighted by molar-refractivity contribution is 6.31. The van der Waals surface area contributed by atoms with Gasteiger partial charge < -0.3 is 4.90 Å². The molecule has 1 saturated heterocycles. The minimum Gasteiger partial charge on any atom is -0.311 e. The number of rotatable bonds is 3. The number of amides is 2. The van der Waals surface area contributed by atoms with Crippen LogP contribution in [0.4, 0.5) is 33.5 Å².